The zero-order valence-electron chi connectivity index (χ0n) is 10.4. The van der Waals surface area contributed by atoms with Gasteiger partial charge in [0.2, 0.25) is 0 Å². The molecule has 0 aliphatic heterocycles. The van der Waals surface area contributed by atoms with E-state index in [-0.39, 0.29) is 6.04 Å². The van der Waals surface area contributed by atoms with Crippen molar-refractivity contribution in [2.45, 2.75) is 26.3 Å². The van der Waals surface area contributed by atoms with Crippen LogP contribution < -0.4 is 5.73 Å². The molecule has 2 aromatic rings. The van der Waals surface area contributed by atoms with E-state index >= 15 is 0 Å². The number of hydrogen-bond donors (Lipinski definition) is 1. The Morgan fingerprint density at radius 1 is 1.29 bits per heavy atom. The monoisotopic (exact) mass is 231 g/mol. The minimum atomic E-state index is -0.0830. The lowest BCUT2D eigenvalue weighted by Crippen LogP contribution is -2.17. The van der Waals surface area contributed by atoms with E-state index in [0.29, 0.717) is 12.2 Å². The first kappa shape index (κ1) is 11.7. The minimum absolute atomic E-state index is 0.0830. The van der Waals surface area contributed by atoms with Crippen LogP contribution in [0.3, 0.4) is 0 Å². The number of benzene rings is 1. The lowest BCUT2D eigenvalue weighted by Gasteiger charge is -2.15. The molecule has 0 amide bonds. The summed E-state index contributed by atoms with van der Waals surface area (Å²) < 4.78 is 0. The van der Waals surface area contributed by atoms with Gasteiger partial charge in [-0.1, -0.05) is 18.2 Å². The van der Waals surface area contributed by atoms with Gasteiger partial charge in [0.15, 0.2) is 5.82 Å². The molecule has 0 fully saturated rings. The van der Waals surface area contributed by atoms with Crippen LogP contribution in [-0.2, 0) is 13.5 Å². The summed E-state index contributed by atoms with van der Waals surface area (Å²) in [4.78, 5) is 1.45. The number of rotatable bonds is 3. The summed E-state index contributed by atoms with van der Waals surface area (Å²) in [6.07, 6.45) is 0.611. The molecule has 2 N–H and O–H groups in total. The summed E-state index contributed by atoms with van der Waals surface area (Å²) in [6.45, 7) is 4.15. The molecule has 0 spiro atoms. The summed E-state index contributed by atoms with van der Waals surface area (Å²) in [5, 5.41) is 11.9. The quantitative estimate of drug-likeness (QED) is 0.857. The van der Waals surface area contributed by atoms with Gasteiger partial charge in [-0.05, 0) is 35.8 Å². The normalized spacial score (nSPS) is 12.7. The lowest BCUT2D eigenvalue weighted by molar-refractivity contribution is 0.622. The first-order chi connectivity index (χ1) is 8.08. The van der Waals surface area contributed by atoms with Crippen molar-refractivity contribution in [3.05, 3.63) is 40.7 Å². The molecule has 0 saturated carbocycles. The molecule has 90 valence electrons. The van der Waals surface area contributed by atoms with Crippen molar-refractivity contribution in [3.8, 4) is 0 Å². The van der Waals surface area contributed by atoms with E-state index in [1.54, 1.807) is 7.05 Å². The number of aromatic nitrogens is 4. The third-order valence-electron chi connectivity index (χ3n) is 2.87. The van der Waals surface area contributed by atoms with Crippen molar-refractivity contribution < 1.29 is 0 Å². The van der Waals surface area contributed by atoms with E-state index < -0.39 is 0 Å². The molecular weight excluding hydrogens is 214 g/mol. The van der Waals surface area contributed by atoms with Gasteiger partial charge in [0.25, 0.3) is 0 Å². The third kappa shape index (κ3) is 2.50. The van der Waals surface area contributed by atoms with Crippen molar-refractivity contribution >= 4 is 0 Å². The topological polar surface area (TPSA) is 69.6 Å². The largest absolute Gasteiger partial charge is 0.324 e. The molecule has 0 saturated heterocycles. The fourth-order valence-corrected chi connectivity index (χ4v) is 2.12. The van der Waals surface area contributed by atoms with Crippen LogP contribution in [0.5, 0.6) is 0 Å². The maximum atomic E-state index is 6.22. The summed E-state index contributed by atoms with van der Waals surface area (Å²) in [6, 6.07) is 6.11. The first-order valence-corrected chi connectivity index (χ1v) is 5.62. The maximum Gasteiger partial charge on any atom is 0.176 e. The Bertz CT molecular complexity index is 497. The van der Waals surface area contributed by atoms with E-state index in [4.69, 9.17) is 5.73 Å². The first-order valence-electron chi connectivity index (χ1n) is 5.62. The fraction of sp³-hybridized carbons (Fsp3) is 0.417. The summed E-state index contributed by atoms with van der Waals surface area (Å²) in [5.41, 5.74) is 9.82. The van der Waals surface area contributed by atoms with E-state index in [9.17, 15) is 0 Å². The average molecular weight is 231 g/mol. The third-order valence-corrected chi connectivity index (χ3v) is 2.87. The zero-order chi connectivity index (χ0) is 12.4. The summed E-state index contributed by atoms with van der Waals surface area (Å²) in [5.74, 6) is 0.683. The van der Waals surface area contributed by atoms with Gasteiger partial charge in [0, 0.05) is 12.5 Å². The van der Waals surface area contributed by atoms with Crippen LogP contribution in [0.25, 0.3) is 0 Å². The van der Waals surface area contributed by atoms with Crippen molar-refractivity contribution in [2.75, 3.05) is 0 Å². The Hall–Kier alpha value is -1.75. The lowest BCUT2D eigenvalue weighted by atomic mass is 9.95. The molecular formula is C12H17N5. The molecule has 1 aromatic carbocycles. The van der Waals surface area contributed by atoms with Gasteiger partial charge in [0.1, 0.15) is 0 Å². The van der Waals surface area contributed by atoms with Crippen LogP contribution in [0.1, 0.15) is 28.6 Å². The maximum absolute atomic E-state index is 6.22. The highest BCUT2D eigenvalue weighted by molar-refractivity contribution is 5.36. The summed E-state index contributed by atoms with van der Waals surface area (Å²) >= 11 is 0. The molecule has 2 rings (SSSR count). The van der Waals surface area contributed by atoms with Gasteiger partial charge in [-0.25, -0.2) is 0 Å². The van der Waals surface area contributed by atoms with E-state index in [1.807, 2.05) is 6.07 Å². The van der Waals surface area contributed by atoms with E-state index in [2.05, 4.69) is 41.4 Å². The Kier molecular flexibility index (Phi) is 3.19. The molecule has 0 bridgehead atoms. The highest BCUT2D eigenvalue weighted by atomic mass is 15.6. The van der Waals surface area contributed by atoms with Crippen LogP contribution in [0.4, 0.5) is 0 Å². The number of tetrazole rings is 1. The molecule has 17 heavy (non-hydrogen) atoms. The van der Waals surface area contributed by atoms with E-state index in [1.165, 1.54) is 21.5 Å². The molecule has 1 aromatic heterocycles. The highest BCUT2D eigenvalue weighted by Gasteiger charge is 2.14. The number of nitrogens with two attached hydrogens (primary N) is 1. The molecule has 1 atom stereocenters. The predicted octanol–water partition coefficient (Wildman–Crippen LogP) is 1.07. The number of hydrogen-bond acceptors (Lipinski definition) is 4. The van der Waals surface area contributed by atoms with Gasteiger partial charge in [-0.2, -0.15) is 4.80 Å². The summed E-state index contributed by atoms with van der Waals surface area (Å²) in [7, 11) is 1.75. The fourth-order valence-electron chi connectivity index (χ4n) is 2.12. The second kappa shape index (κ2) is 4.63. The number of nitrogens with zero attached hydrogens (tertiary/aromatic N) is 4. The van der Waals surface area contributed by atoms with Crippen LogP contribution in [0.2, 0.25) is 0 Å². The standard InChI is InChI=1S/C12H17N5/c1-8-5-4-6-9(2)12(8)10(13)7-11-14-16-17(3)15-11/h4-6,10H,7,13H2,1-3H3. The van der Waals surface area contributed by atoms with Gasteiger partial charge >= 0.3 is 0 Å². The Morgan fingerprint density at radius 3 is 2.47 bits per heavy atom. The number of aryl methyl sites for hydroxylation is 3. The zero-order valence-corrected chi connectivity index (χ0v) is 10.4. The SMILES string of the molecule is Cc1cccc(C)c1C(N)Cc1nnn(C)n1. The average Bonchev–Trinajstić information content (AvgIpc) is 2.63. The van der Waals surface area contributed by atoms with Gasteiger partial charge in [0.05, 0.1) is 7.05 Å². The predicted molar refractivity (Wildman–Crippen MR) is 65.3 cm³/mol. The Balaban J connectivity index is 2.22. The second-order valence-corrected chi connectivity index (χ2v) is 4.31. The Labute approximate surface area is 101 Å². The Morgan fingerprint density at radius 2 is 1.94 bits per heavy atom. The van der Waals surface area contributed by atoms with Crippen LogP contribution >= 0.6 is 0 Å². The van der Waals surface area contributed by atoms with Crippen LogP contribution in [0, 0.1) is 13.8 Å². The second-order valence-electron chi connectivity index (χ2n) is 4.31. The molecule has 5 heteroatoms. The molecule has 0 radical (unpaired) electrons. The van der Waals surface area contributed by atoms with Crippen LogP contribution in [0.15, 0.2) is 18.2 Å². The van der Waals surface area contributed by atoms with Crippen molar-refractivity contribution in [3.63, 3.8) is 0 Å². The van der Waals surface area contributed by atoms with Gasteiger partial charge in [-0.15, -0.1) is 10.2 Å². The molecule has 1 heterocycles. The van der Waals surface area contributed by atoms with Gasteiger partial charge in [-0.3, -0.25) is 0 Å². The molecule has 5 nitrogen and oxygen atoms in total. The van der Waals surface area contributed by atoms with Gasteiger partial charge < -0.3 is 5.73 Å². The molecule has 0 aliphatic rings. The van der Waals surface area contributed by atoms with Crippen molar-refractivity contribution in [1.29, 1.82) is 0 Å². The van der Waals surface area contributed by atoms with E-state index in [0.717, 1.165) is 0 Å². The minimum Gasteiger partial charge on any atom is -0.324 e. The van der Waals surface area contributed by atoms with Crippen molar-refractivity contribution in [1.82, 2.24) is 20.2 Å². The van der Waals surface area contributed by atoms with Crippen LogP contribution in [-0.4, -0.2) is 20.2 Å². The smallest absolute Gasteiger partial charge is 0.176 e. The highest BCUT2D eigenvalue weighted by Crippen LogP contribution is 2.21. The molecule has 0 aliphatic carbocycles. The molecule has 1 unspecified atom stereocenters. The van der Waals surface area contributed by atoms with Crippen molar-refractivity contribution in [2.24, 2.45) is 12.8 Å².